The van der Waals surface area contributed by atoms with Crippen LogP contribution in [0.15, 0.2) is 30.7 Å². The number of rotatable bonds is 6. The number of fused-ring (bicyclic) bond motifs is 1. The van der Waals surface area contributed by atoms with E-state index in [1.54, 1.807) is 24.4 Å². The third-order valence-electron chi connectivity index (χ3n) is 5.49. The second kappa shape index (κ2) is 9.66. The first-order valence-electron chi connectivity index (χ1n) is 10.3. The second-order valence-electron chi connectivity index (χ2n) is 7.63. The summed E-state index contributed by atoms with van der Waals surface area (Å²) in [6.07, 6.45) is -2.21. The van der Waals surface area contributed by atoms with Gasteiger partial charge in [0.15, 0.2) is 6.23 Å². The number of aliphatic hydroxyl groups excluding tert-OH is 2. The Balaban J connectivity index is 1.76. The molecule has 0 radical (unpaired) electrons. The minimum absolute atomic E-state index is 0.144. The lowest BCUT2D eigenvalue weighted by molar-refractivity contribution is -0.0327. The first-order chi connectivity index (χ1) is 16.6. The maximum absolute atomic E-state index is 11.2. The summed E-state index contributed by atoms with van der Waals surface area (Å²) in [5.74, 6) is 7.20. The van der Waals surface area contributed by atoms with Crippen LogP contribution in [0.3, 0.4) is 0 Å². The zero-order chi connectivity index (χ0) is 25.3. The molecule has 0 amide bonds. The summed E-state index contributed by atoms with van der Waals surface area (Å²) in [6, 6.07) is 5.26. The molecule has 4 atom stereocenters. The third kappa shape index (κ3) is 4.86. The minimum atomic E-state index is -4.02. The number of nitrogens with one attached hydrogen (secondary N) is 1. The number of methoxy groups -OCH3 is 2. The molecule has 7 N–H and O–H groups in total. The molecule has 0 bridgehead atoms. The molecule has 3 aromatic rings. The molecule has 35 heavy (non-hydrogen) atoms. The van der Waals surface area contributed by atoms with Gasteiger partial charge in [-0.1, -0.05) is 17.9 Å². The highest BCUT2D eigenvalue weighted by Crippen LogP contribution is 2.34. The highest BCUT2D eigenvalue weighted by Gasteiger charge is 2.44. The average molecular weight is 505 g/mol. The first kappa shape index (κ1) is 24.7. The third-order valence-corrected chi connectivity index (χ3v) is 6.05. The molecule has 1 aliphatic heterocycles. The van der Waals surface area contributed by atoms with E-state index in [0.717, 1.165) is 0 Å². The van der Waals surface area contributed by atoms with Gasteiger partial charge in [-0.2, -0.15) is 13.1 Å². The van der Waals surface area contributed by atoms with Crippen LogP contribution in [0.2, 0.25) is 0 Å². The highest BCUT2D eigenvalue weighted by molar-refractivity contribution is 7.87. The number of hydrogen-bond donors (Lipinski definition) is 5. The number of nitrogens with zero attached hydrogens (tertiary/aromatic N) is 3. The topological polar surface area (TPSA) is 197 Å². The number of hydrogen-bond acceptors (Lipinski definition) is 10. The van der Waals surface area contributed by atoms with Crippen molar-refractivity contribution in [1.29, 1.82) is 0 Å². The van der Waals surface area contributed by atoms with E-state index in [-0.39, 0.29) is 12.4 Å². The fourth-order valence-electron chi connectivity index (χ4n) is 3.83. The molecule has 3 heterocycles. The molecule has 0 aliphatic carbocycles. The van der Waals surface area contributed by atoms with E-state index in [2.05, 4.69) is 26.5 Å². The molecule has 0 unspecified atom stereocenters. The number of aliphatic hydroxyl groups is 2. The Morgan fingerprint density at radius 1 is 1.17 bits per heavy atom. The van der Waals surface area contributed by atoms with E-state index >= 15 is 0 Å². The van der Waals surface area contributed by atoms with Gasteiger partial charge in [0.2, 0.25) is 0 Å². The van der Waals surface area contributed by atoms with Gasteiger partial charge in [-0.3, -0.25) is 0 Å². The van der Waals surface area contributed by atoms with E-state index < -0.39 is 34.7 Å². The molecular formula is C21H24N6O7S. The highest BCUT2D eigenvalue weighted by atomic mass is 32.2. The van der Waals surface area contributed by atoms with Gasteiger partial charge in [0, 0.05) is 12.7 Å². The first-order valence-corrected chi connectivity index (χ1v) is 11.8. The molecule has 13 nitrogen and oxygen atoms in total. The monoisotopic (exact) mass is 504 g/mol. The zero-order valence-electron chi connectivity index (χ0n) is 18.7. The van der Waals surface area contributed by atoms with Gasteiger partial charge in [0.1, 0.15) is 53.2 Å². The predicted molar refractivity (Wildman–Crippen MR) is 124 cm³/mol. The van der Waals surface area contributed by atoms with Crippen molar-refractivity contribution in [3.63, 3.8) is 0 Å². The van der Waals surface area contributed by atoms with Crippen LogP contribution in [0, 0.1) is 11.8 Å². The zero-order valence-corrected chi connectivity index (χ0v) is 19.6. The van der Waals surface area contributed by atoms with Crippen LogP contribution < -0.4 is 25.1 Å². The Labute approximate surface area is 200 Å². The molecule has 14 heteroatoms. The van der Waals surface area contributed by atoms with Gasteiger partial charge < -0.3 is 34.7 Å². The second-order valence-corrected chi connectivity index (χ2v) is 9.01. The largest absolute Gasteiger partial charge is 0.495 e. The molecule has 0 spiro atoms. The summed E-state index contributed by atoms with van der Waals surface area (Å²) >= 11 is 0. The fourth-order valence-corrected chi connectivity index (χ4v) is 4.22. The summed E-state index contributed by atoms with van der Waals surface area (Å²) in [7, 11) is -0.988. The van der Waals surface area contributed by atoms with Crippen LogP contribution in [0.4, 0.5) is 5.82 Å². The van der Waals surface area contributed by atoms with Crippen molar-refractivity contribution in [2.75, 3.05) is 26.5 Å². The minimum Gasteiger partial charge on any atom is -0.495 e. The maximum Gasteiger partial charge on any atom is 0.274 e. The smallest absolute Gasteiger partial charge is 0.274 e. The van der Waals surface area contributed by atoms with Crippen LogP contribution in [-0.4, -0.2) is 72.2 Å². The van der Waals surface area contributed by atoms with E-state index in [4.69, 9.17) is 25.1 Å². The van der Waals surface area contributed by atoms with Crippen molar-refractivity contribution in [1.82, 2.24) is 19.3 Å². The lowest BCUT2D eigenvalue weighted by Gasteiger charge is -2.17. The summed E-state index contributed by atoms with van der Waals surface area (Å²) in [6.45, 7) is -0.343. The Morgan fingerprint density at radius 2 is 1.86 bits per heavy atom. The number of anilines is 1. The van der Waals surface area contributed by atoms with Gasteiger partial charge in [-0.15, -0.1) is 0 Å². The Kier molecular flexibility index (Phi) is 6.81. The molecule has 1 saturated heterocycles. The summed E-state index contributed by atoms with van der Waals surface area (Å²) < 4.78 is 42.5. The summed E-state index contributed by atoms with van der Waals surface area (Å²) in [4.78, 5) is 8.28. The van der Waals surface area contributed by atoms with Crippen molar-refractivity contribution < 1.29 is 32.8 Å². The number of aromatic nitrogens is 3. The Bertz CT molecular complexity index is 1390. The molecular weight excluding hydrogens is 480 g/mol. The molecule has 186 valence electrons. The van der Waals surface area contributed by atoms with Gasteiger partial charge in [0.25, 0.3) is 10.2 Å². The quantitative estimate of drug-likeness (QED) is 0.255. The van der Waals surface area contributed by atoms with E-state index in [1.165, 1.54) is 25.1 Å². The van der Waals surface area contributed by atoms with Crippen LogP contribution >= 0.6 is 0 Å². The van der Waals surface area contributed by atoms with Gasteiger partial charge in [-0.05, 0) is 12.1 Å². The van der Waals surface area contributed by atoms with Crippen LogP contribution in [0.5, 0.6) is 11.5 Å². The van der Waals surface area contributed by atoms with E-state index in [0.29, 0.717) is 33.7 Å². The number of nitrogen functional groups attached to an aromatic ring is 1. The standard InChI is InChI=1S/C21H24N6O7S/c1-32-13-4-3-5-14(33-2)12(13)7-6-11-9-27(20-16(11)19(22)24-10-25-20)21-18(29)17(28)15(34-21)8-26-35(23,30)31/h3-5,9-10,15,17-18,21,26,28-29H,8H2,1-2H3,(H2,22,24,25)(H2,23,30,31)/t15-,17-,18-,21-/m1/s1. The lowest BCUT2D eigenvalue weighted by atomic mass is 10.1. The van der Waals surface area contributed by atoms with Crippen molar-refractivity contribution in [2.45, 2.75) is 24.5 Å². The molecule has 2 aromatic heterocycles. The molecule has 1 aromatic carbocycles. The van der Waals surface area contributed by atoms with Crippen molar-refractivity contribution in [2.24, 2.45) is 5.14 Å². The van der Waals surface area contributed by atoms with E-state index in [9.17, 15) is 18.6 Å². The molecule has 1 fully saturated rings. The average Bonchev–Trinajstić information content (AvgIpc) is 3.33. The maximum atomic E-state index is 11.2. The van der Waals surface area contributed by atoms with Crippen LogP contribution in [0.1, 0.15) is 17.4 Å². The van der Waals surface area contributed by atoms with Crippen LogP contribution in [0.25, 0.3) is 11.0 Å². The van der Waals surface area contributed by atoms with Gasteiger partial charge >= 0.3 is 0 Å². The van der Waals surface area contributed by atoms with Crippen molar-refractivity contribution >= 4 is 27.1 Å². The summed E-state index contributed by atoms with van der Waals surface area (Å²) in [5.41, 5.74) is 7.34. The number of benzene rings is 1. The molecule has 4 rings (SSSR count). The Morgan fingerprint density at radius 3 is 2.49 bits per heavy atom. The van der Waals surface area contributed by atoms with E-state index in [1.807, 2.05) is 0 Å². The normalized spacial score (nSPS) is 22.1. The molecule has 1 aliphatic rings. The lowest BCUT2D eigenvalue weighted by Crippen LogP contribution is -2.42. The Hall–Kier alpha value is -3.45. The van der Waals surface area contributed by atoms with Gasteiger partial charge in [0.05, 0.1) is 25.2 Å². The number of ether oxygens (including phenoxy) is 3. The van der Waals surface area contributed by atoms with Crippen molar-refractivity contribution in [3.8, 4) is 23.3 Å². The molecule has 0 saturated carbocycles. The predicted octanol–water partition coefficient (Wildman–Crippen LogP) is -1.16. The van der Waals surface area contributed by atoms with Gasteiger partial charge in [-0.25, -0.2) is 15.1 Å². The number of nitrogens with two attached hydrogens (primary N) is 2. The van der Waals surface area contributed by atoms with Crippen LogP contribution in [-0.2, 0) is 14.9 Å². The van der Waals surface area contributed by atoms with Crippen molar-refractivity contribution in [3.05, 3.63) is 41.9 Å². The SMILES string of the molecule is COc1cccc(OC)c1C#Cc1cn([C@@H]2O[C@H](CNS(N)(=O)=O)[C@@H](O)[C@H]2O)c2ncnc(N)c12. The fraction of sp³-hybridized carbons (Fsp3) is 0.333. The summed E-state index contributed by atoms with van der Waals surface area (Å²) in [5, 5.41) is 26.4.